The average molecular weight is 398 g/mol. The summed E-state index contributed by atoms with van der Waals surface area (Å²) in [5.74, 6) is -1.95. The Balaban J connectivity index is 1.77. The number of imide groups is 2. The Kier molecular flexibility index (Phi) is 5.16. The van der Waals surface area contributed by atoms with E-state index in [1.165, 1.54) is 0 Å². The molecule has 3 rings (SSSR count). The molecule has 4 amide bonds. The highest BCUT2D eigenvalue weighted by Crippen LogP contribution is 2.26. The molecule has 7 nitrogen and oxygen atoms in total. The van der Waals surface area contributed by atoms with Crippen LogP contribution >= 0.6 is 0 Å². The van der Waals surface area contributed by atoms with E-state index in [9.17, 15) is 27.6 Å². The molecule has 0 bridgehead atoms. The number of benzene rings is 1. The molecule has 28 heavy (non-hydrogen) atoms. The molecule has 0 radical (unpaired) electrons. The van der Waals surface area contributed by atoms with Crippen LogP contribution in [0.25, 0.3) is 11.0 Å². The molecule has 1 aromatic carbocycles. The average Bonchev–Trinajstić information content (AvgIpc) is 3.07. The number of urea groups is 1. The summed E-state index contributed by atoms with van der Waals surface area (Å²) < 4.78 is 43.5. The second-order valence-corrected chi connectivity index (χ2v) is 6.67. The van der Waals surface area contributed by atoms with Crippen molar-refractivity contribution < 1.29 is 36.9 Å². The monoisotopic (exact) mass is 398 g/mol. The number of aryl methyl sites for hydroxylation is 1. The molecule has 150 valence electrons. The van der Waals surface area contributed by atoms with Crippen LogP contribution in [-0.2, 0) is 22.6 Å². The van der Waals surface area contributed by atoms with Gasteiger partial charge in [-0.1, -0.05) is 25.1 Å². The van der Waals surface area contributed by atoms with Crippen molar-refractivity contribution >= 4 is 28.8 Å². The van der Waals surface area contributed by atoms with E-state index in [1.54, 1.807) is 7.05 Å². The van der Waals surface area contributed by atoms with Gasteiger partial charge in [-0.3, -0.25) is 9.59 Å². The summed E-state index contributed by atoms with van der Waals surface area (Å²) in [5, 5.41) is 0.896. The summed E-state index contributed by atoms with van der Waals surface area (Å²) in [7, 11) is 1.68. The maximum atomic E-state index is 12.6. The van der Waals surface area contributed by atoms with Crippen molar-refractivity contribution in [1.82, 2.24) is 9.80 Å². The number of nitrogens with one attached hydrogen (secondary N) is 1. The van der Waals surface area contributed by atoms with E-state index in [0.717, 1.165) is 16.7 Å². The molecule has 1 fully saturated rings. The second kappa shape index (κ2) is 7.27. The molecule has 1 N–H and O–H groups in total. The van der Waals surface area contributed by atoms with E-state index in [4.69, 9.17) is 4.42 Å². The maximum Gasteiger partial charge on any atom is 0.406 e. The molecule has 1 aliphatic rings. The molecule has 2 aromatic rings. The molecule has 0 spiro atoms. The van der Waals surface area contributed by atoms with Crippen LogP contribution in [-0.4, -0.2) is 54.1 Å². The van der Waals surface area contributed by atoms with Gasteiger partial charge in [0.15, 0.2) is 6.67 Å². The third-order valence-electron chi connectivity index (χ3n) is 4.48. The van der Waals surface area contributed by atoms with Gasteiger partial charge in [-0.25, -0.2) is 14.6 Å². The van der Waals surface area contributed by atoms with E-state index < -0.39 is 30.6 Å². The molecular formula is C18H19F3N3O4+. The van der Waals surface area contributed by atoms with Gasteiger partial charge in [0, 0.05) is 11.8 Å². The molecular weight excluding hydrogens is 379 g/mol. The van der Waals surface area contributed by atoms with Crippen molar-refractivity contribution in [2.75, 3.05) is 20.3 Å². The highest BCUT2D eigenvalue weighted by Gasteiger charge is 2.49. The van der Waals surface area contributed by atoms with Crippen LogP contribution in [0.3, 0.4) is 0 Å². The zero-order valence-electron chi connectivity index (χ0n) is 15.3. The molecule has 1 saturated heterocycles. The van der Waals surface area contributed by atoms with Crippen molar-refractivity contribution in [1.29, 1.82) is 0 Å². The lowest BCUT2D eigenvalue weighted by atomic mass is 10.1. The zero-order chi connectivity index (χ0) is 20.6. The first-order chi connectivity index (χ1) is 13.1. The Morgan fingerprint density at radius 2 is 1.71 bits per heavy atom. The Hall–Kier alpha value is -2.88. The van der Waals surface area contributed by atoms with E-state index in [-0.39, 0.29) is 11.6 Å². The zero-order valence-corrected chi connectivity index (χ0v) is 15.3. The fourth-order valence-corrected chi connectivity index (χ4v) is 3.26. The number of para-hydroxylation sites is 1. The van der Waals surface area contributed by atoms with Crippen molar-refractivity contribution in [3.63, 3.8) is 0 Å². The van der Waals surface area contributed by atoms with Crippen LogP contribution < -0.4 is 4.90 Å². The smallest absolute Gasteiger partial charge is 0.406 e. The minimum absolute atomic E-state index is 0.0691. The Bertz CT molecular complexity index is 938. The van der Waals surface area contributed by atoms with E-state index in [2.05, 4.69) is 0 Å². The molecule has 1 atom stereocenters. The molecule has 10 heteroatoms. The van der Waals surface area contributed by atoms with Gasteiger partial charge in [-0.2, -0.15) is 13.2 Å². The largest absolute Gasteiger partial charge is 0.461 e. The first-order valence-corrected chi connectivity index (χ1v) is 8.67. The Morgan fingerprint density at radius 1 is 1.07 bits per heavy atom. The van der Waals surface area contributed by atoms with E-state index in [1.807, 2.05) is 31.2 Å². The number of furan rings is 1. The number of halogens is 3. The summed E-state index contributed by atoms with van der Waals surface area (Å²) in [6.07, 6.45) is -4.14. The molecule has 1 aromatic heterocycles. The van der Waals surface area contributed by atoms with Crippen molar-refractivity contribution in [3.8, 4) is 0 Å². The molecule has 0 saturated carbocycles. The number of rotatable bonds is 6. The predicted octanol–water partition coefficient (Wildman–Crippen LogP) is 1.32. The molecule has 1 aliphatic heterocycles. The number of amides is 4. The number of carbonyl (C=O) groups is 3. The van der Waals surface area contributed by atoms with Gasteiger partial charge < -0.3 is 9.32 Å². The SMILES string of the molecule is CCc1oc2ccccc2c1C[NH+](C)CN1C(=O)C(=O)N(CC(F)(F)F)C1=O. The highest BCUT2D eigenvalue weighted by atomic mass is 19.4. The number of carbonyl (C=O) groups excluding carboxylic acids is 3. The number of alkyl halides is 3. The maximum absolute atomic E-state index is 12.6. The molecule has 0 aliphatic carbocycles. The number of hydrogen-bond acceptors (Lipinski definition) is 4. The van der Waals surface area contributed by atoms with Gasteiger partial charge in [0.1, 0.15) is 24.4 Å². The number of fused-ring (bicyclic) bond motifs is 1. The van der Waals surface area contributed by atoms with Gasteiger partial charge in [0.25, 0.3) is 0 Å². The number of hydrogen-bond donors (Lipinski definition) is 1. The fourth-order valence-electron chi connectivity index (χ4n) is 3.26. The highest BCUT2D eigenvalue weighted by molar-refractivity contribution is 6.44. The van der Waals surface area contributed by atoms with E-state index in [0.29, 0.717) is 28.3 Å². The second-order valence-electron chi connectivity index (χ2n) is 6.67. The van der Waals surface area contributed by atoms with Crippen LogP contribution in [0.1, 0.15) is 18.2 Å². The standard InChI is InChI=1S/C18H18F3N3O4/c1-3-13-12(11-6-4-5-7-14(11)28-13)8-22(2)10-24-16(26)15(25)23(17(24)27)9-18(19,20)21/h4-7H,3,8-10H2,1-2H3/p+1. The van der Waals surface area contributed by atoms with Crippen LogP contribution in [0.4, 0.5) is 18.0 Å². The van der Waals surface area contributed by atoms with Gasteiger partial charge >= 0.3 is 24.0 Å². The van der Waals surface area contributed by atoms with Crippen molar-refractivity contribution in [2.45, 2.75) is 26.1 Å². The van der Waals surface area contributed by atoms with Crippen LogP contribution in [0.2, 0.25) is 0 Å². The topological polar surface area (TPSA) is 75.3 Å². The van der Waals surface area contributed by atoms with Gasteiger partial charge in [-0.05, 0) is 6.07 Å². The van der Waals surface area contributed by atoms with Gasteiger partial charge in [0.05, 0.1) is 12.6 Å². The minimum atomic E-state index is -4.77. The number of nitrogens with zero attached hydrogens (tertiary/aromatic N) is 2. The summed E-state index contributed by atoms with van der Waals surface area (Å²) in [6, 6.07) is 6.17. The normalized spacial score (nSPS) is 16.5. The van der Waals surface area contributed by atoms with Crippen LogP contribution in [0.5, 0.6) is 0 Å². The third kappa shape index (κ3) is 3.72. The Morgan fingerprint density at radius 3 is 2.36 bits per heavy atom. The summed E-state index contributed by atoms with van der Waals surface area (Å²) in [4.78, 5) is 37.1. The number of quaternary nitrogens is 1. The fraction of sp³-hybridized carbons (Fsp3) is 0.389. The summed E-state index contributed by atoms with van der Waals surface area (Å²) >= 11 is 0. The lowest BCUT2D eigenvalue weighted by molar-refractivity contribution is -0.901. The summed E-state index contributed by atoms with van der Waals surface area (Å²) in [6.45, 7) is 0.279. The van der Waals surface area contributed by atoms with Gasteiger partial charge in [0.2, 0.25) is 0 Å². The minimum Gasteiger partial charge on any atom is -0.461 e. The summed E-state index contributed by atoms with van der Waals surface area (Å²) in [5.41, 5.74) is 1.61. The van der Waals surface area contributed by atoms with E-state index >= 15 is 0 Å². The quantitative estimate of drug-likeness (QED) is 0.588. The van der Waals surface area contributed by atoms with Crippen LogP contribution in [0.15, 0.2) is 28.7 Å². The first kappa shape index (κ1) is 19.9. The first-order valence-electron chi connectivity index (χ1n) is 8.67. The van der Waals surface area contributed by atoms with Crippen molar-refractivity contribution in [2.24, 2.45) is 0 Å². The lowest BCUT2D eigenvalue weighted by Crippen LogP contribution is -3.09. The van der Waals surface area contributed by atoms with Crippen molar-refractivity contribution in [3.05, 3.63) is 35.6 Å². The molecule has 2 heterocycles. The Labute approximate surface area is 158 Å². The van der Waals surface area contributed by atoms with Crippen LogP contribution in [0, 0.1) is 0 Å². The lowest BCUT2D eigenvalue weighted by Gasteiger charge is -2.20. The third-order valence-corrected chi connectivity index (χ3v) is 4.48. The molecule has 1 unspecified atom stereocenters. The predicted molar refractivity (Wildman–Crippen MR) is 91.1 cm³/mol. The van der Waals surface area contributed by atoms with Gasteiger partial charge in [-0.15, -0.1) is 0 Å².